The van der Waals surface area contributed by atoms with Crippen LogP contribution in [0.4, 0.5) is 11.4 Å². The maximum Gasteiger partial charge on any atom is 0.337 e. The summed E-state index contributed by atoms with van der Waals surface area (Å²) in [5, 5.41) is 9.15. The molecule has 100 valence electrons. The molecule has 6 nitrogen and oxygen atoms in total. The van der Waals surface area contributed by atoms with Gasteiger partial charge in [-0.25, -0.2) is 9.69 Å². The number of nitrogens with two attached hydrogens (primary N) is 1. The number of aromatic carboxylic acids is 1. The fourth-order valence-electron chi connectivity index (χ4n) is 2.11. The Kier molecular flexibility index (Phi) is 2.81. The summed E-state index contributed by atoms with van der Waals surface area (Å²) in [5.74, 6) is -2.03. The third kappa shape index (κ3) is 2.05. The Bertz CT molecular complexity index is 592. The molecule has 19 heavy (non-hydrogen) atoms. The quantitative estimate of drug-likeness (QED) is 0.617. The van der Waals surface area contributed by atoms with E-state index < -0.39 is 23.2 Å². The van der Waals surface area contributed by atoms with Gasteiger partial charge in [-0.15, -0.1) is 0 Å². The molecule has 0 bridgehead atoms. The molecule has 1 aliphatic rings. The average molecular weight is 262 g/mol. The summed E-state index contributed by atoms with van der Waals surface area (Å²) in [4.78, 5) is 36.3. The number of amides is 2. The van der Waals surface area contributed by atoms with Gasteiger partial charge in [-0.05, 0) is 18.2 Å². The smallest absolute Gasteiger partial charge is 0.337 e. The van der Waals surface area contributed by atoms with Gasteiger partial charge < -0.3 is 10.8 Å². The number of anilines is 2. The highest BCUT2D eigenvalue weighted by Gasteiger charge is 2.46. The molecule has 0 radical (unpaired) electrons. The minimum absolute atomic E-state index is 0.0648. The summed E-state index contributed by atoms with van der Waals surface area (Å²) in [6.07, 6.45) is 0.0648. The zero-order chi connectivity index (χ0) is 14.4. The van der Waals surface area contributed by atoms with Gasteiger partial charge in [-0.1, -0.05) is 13.8 Å². The summed E-state index contributed by atoms with van der Waals surface area (Å²) < 4.78 is 0. The predicted octanol–water partition coefficient (Wildman–Crippen LogP) is 1.26. The number of carboxylic acids is 1. The molecule has 0 saturated carbocycles. The standard InChI is InChI=1S/C13H14N2O4/c1-13(2)6-10(16)15(12(13)19)9-4-3-7(14)5-8(9)11(17)18/h3-5H,6,14H2,1-2H3,(H,17,18). The fraction of sp³-hybridized carbons (Fsp3) is 0.308. The predicted molar refractivity (Wildman–Crippen MR) is 68.7 cm³/mol. The largest absolute Gasteiger partial charge is 0.478 e. The number of nitrogen functional groups attached to an aromatic ring is 1. The molecular weight excluding hydrogens is 248 g/mol. The minimum atomic E-state index is -1.23. The first-order valence-electron chi connectivity index (χ1n) is 5.74. The zero-order valence-corrected chi connectivity index (χ0v) is 10.6. The molecule has 1 aliphatic heterocycles. The Morgan fingerprint density at radius 1 is 1.37 bits per heavy atom. The normalized spacial score (nSPS) is 17.9. The van der Waals surface area contributed by atoms with E-state index >= 15 is 0 Å². The molecule has 1 saturated heterocycles. The van der Waals surface area contributed by atoms with Crippen molar-refractivity contribution in [1.29, 1.82) is 0 Å². The van der Waals surface area contributed by atoms with Gasteiger partial charge in [0, 0.05) is 12.1 Å². The Labute approximate surface area is 109 Å². The van der Waals surface area contributed by atoms with E-state index in [0.717, 1.165) is 4.90 Å². The number of benzene rings is 1. The molecule has 0 spiro atoms. The highest BCUT2D eigenvalue weighted by molar-refractivity contribution is 6.24. The third-order valence-corrected chi connectivity index (χ3v) is 3.12. The average Bonchev–Trinajstić information content (AvgIpc) is 2.49. The molecule has 2 rings (SSSR count). The lowest BCUT2D eigenvalue weighted by atomic mass is 9.92. The van der Waals surface area contributed by atoms with Crippen LogP contribution in [-0.4, -0.2) is 22.9 Å². The van der Waals surface area contributed by atoms with Crippen LogP contribution in [-0.2, 0) is 9.59 Å². The Morgan fingerprint density at radius 2 is 2.00 bits per heavy atom. The van der Waals surface area contributed by atoms with E-state index in [2.05, 4.69) is 0 Å². The molecule has 0 atom stereocenters. The molecule has 3 N–H and O–H groups in total. The minimum Gasteiger partial charge on any atom is -0.478 e. The summed E-state index contributed by atoms with van der Waals surface area (Å²) in [6.45, 7) is 3.32. The van der Waals surface area contributed by atoms with E-state index in [9.17, 15) is 14.4 Å². The van der Waals surface area contributed by atoms with Crippen LogP contribution in [0.5, 0.6) is 0 Å². The fourth-order valence-corrected chi connectivity index (χ4v) is 2.11. The number of hydrogen-bond donors (Lipinski definition) is 2. The summed E-state index contributed by atoms with van der Waals surface area (Å²) in [5.41, 5.74) is 4.91. The van der Waals surface area contributed by atoms with Gasteiger partial charge in [-0.3, -0.25) is 9.59 Å². The van der Waals surface area contributed by atoms with Crippen molar-refractivity contribution in [2.75, 3.05) is 10.6 Å². The van der Waals surface area contributed by atoms with Crippen molar-refractivity contribution >= 4 is 29.2 Å². The van der Waals surface area contributed by atoms with E-state index in [1.807, 2.05) is 0 Å². The van der Waals surface area contributed by atoms with Crippen molar-refractivity contribution in [3.8, 4) is 0 Å². The molecule has 1 aromatic carbocycles. The van der Waals surface area contributed by atoms with Crippen LogP contribution in [0, 0.1) is 5.41 Å². The van der Waals surface area contributed by atoms with Gasteiger partial charge in [0.2, 0.25) is 11.8 Å². The van der Waals surface area contributed by atoms with E-state index in [4.69, 9.17) is 10.8 Å². The van der Waals surface area contributed by atoms with Crippen LogP contribution >= 0.6 is 0 Å². The summed E-state index contributed by atoms with van der Waals surface area (Å²) in [7, 11) is 0. The van der Waals surface area contributed by atoms with Crippen molar-refractivity contribution in [2.24, 2.45) is 5.41 Å². The highest BCUT2D eigenvalue weighted by atomic mass is 16.4. The Balaban J connectivity index is 2.57. The van der Waals surface area contributed by atoms with Gasteiger partial charge in [0.25, 0.3) is 0 Å². The molecule has 1 heterocycles. The second-order valence-corrected chi connectivity index (χ2v) is 5.18. The first kappa shape index (κ1) is 13.1. The molecule has 1 aromatic rings. The van der Waals surface area contributed by atoms with Crippen molar-refractivity contribution in [3.05, 3.63) is 23.8 Å². The lowest BCUT2D eigenvalue weighted by Crippen LogP contribution is -2.34. The van der Waals surface area contributed by atoms with Crippen LogP contribution in [0.15, 0.2) is 18.2 Å². The number of rotatable bonds is 2. The Hall–Kier alpha value is -2.37. The van der Waals surface area contributed by atoms with Gasteiger partial charge >= 0.3 is 5.97 Å². The zero-order valence-electron chi connectivity index (χ0n) is 10.6. The van der Waals surface area contributed by atoms with Gasteiger partial charge in [-0.2, -0.15) is 0 Å². The number of carbonyl (C=O) groups is 3. The van der Waals surface area contributed by atoms with E-state index in [-0.39, 0.29) is 23.4 Å². The summed E-state index contributed by atoms with van der Waals surface area (Å²) in [6, 6.07) is 4.09. The van der Waals surface area contributed by atoms with Crippen molar-refractivity contribution in [3.63, 3.8) is 0 Å². The van der Waals surface area contributed by atoms with Crippen LogP contribution in [0.3, 0.4) is 0 Å². The number of nitrogens with zero attached hydrogens (tertiary/aromatic N) is 1. The van der Waals surface area contributed by atoms with E-state index in [1.165, 1.54) is 18.2 Å². The second-order valence-electron chi connectivity index (χ2n) is 5.18. The lowest BCUT2D eigenvalue weighted by molar-refractivity contribution is -0.124. The number of carbonyl (C=O) groups excluding carboxylic acids is 2. The van der Waals surface area contributed by atoms with Crippen LogP contribution < -0.4 is 10.6 Å². The van der Waals surface area contributed by atoms with E-state index in [1.54, 1.807) is 13.8 Å². The Morgan fingerprint density at radius 3 is 2.47 bits per heavy atom. The number of carboxylic acid groups (broad SMARTS) is 1. The first-order chi connectivity index (χ1) is 8.74. The molecule has 2 amide bonds. The van der Waals surface area contributed by atoms with Crippen LogP contribution in [0.1, 0.15) is 30.6 Å². The number of imide groups is 1. The third-order valence-electron chi connectivity index (χ3n) is 3.12. The highest BCUT2D eigenvalue weighted by Crippen LogP contribution is 2.36. The van der Waals surface area contributed by atoms with Gasteiger partial charge in [0.1, 0.15) is 0 Å². The van der Waals surface area contributed by atoms with Crippen LogP contribution in [0.2, 0.25) is 0 Å². The maximum absolute atomic E-state index is 12.2. The van der Waals surface area contributed by atoms with Crippen LogP contribution in [0.25, 0.3) is 0 Å². The SMILES string of the molecule is CC1(C)CC(=O)N(c2ccc(N)cc2C(=O)O)C1=O. The molecule has 1 fully saturated rings. The molecule has 6 heteroatoms. The maximum atomic E-state index is 12.2. The first-order valence-corrected chi connectivity index (χ1v) is 5.74. The van der Waals surface area contributed by atoms with Crippen molar-refractivity contribution < 1.29 is 19.5 Å². The molecule has 0 aliphatic carbocycles. The second kappa shape index (κ2) is 4.08. The molecular formula is C13H14N2O4. The van der Waals surface area contributed by atoms with Gasteiger partial charge in [0.05, 0.1) is 16.7 Å². The lowest BCUT2D eigenvalue weighted by Gasteiger charge is -2.19. The van der Waals surface area contributed by atoms with Crippen molar-refractivity contribution in [1.82, 2.24) is 0 Å². The van der Waals surface area contributed by atoms with Gasteiger partial charge in [0.15, 0.2) is 0 Å². The van der Waals surface area contributed by atoms with Crippen molar-refractivity contribution in [2.45, 2.75) is 20.3 Å². The molecule has 0 unspecified atom stereocenters. The molecule has 0 aromatic heterocycles. The monoisotopic (exact) mass is 262 g/mol. The topological polar surface area (TPSA) is 101 Å². The van der Waals surface area contributed by atoms with E-state index in [0.29, 0.717) is 0 Å². The number of hydrogen-bond acceptors (Lipinski definition) is 4. The summed E-state index contributed by atoms with van der Waals surface area (Å²) >= 11 is 0.